The zero-order valence-corrected chi connectivity index (χ0v) is 8.90. The maximum atomic E-state index is 11.8. The van der Waals surface area contributed by atoms with E-state index in [0.717, 1.165) is 12.8 Å². The quantitative estimate of drug-likeness (QED) is 0.812. The summed E-state index contributed by atoms with van der Waals surface area (Å²) in [5.74, 6) is 0.0147. The van der Waals surface area contributed by atoms with Crippen molar-refractivity contribution in [1.29, 1.82) is 0 Å². The lowest BCUT2D eigenvalue weighted by molar-refractivity contribution is 0.0386. The maximum absolute atomic E-state index is 11.8. The van der Waals surface area contributed by atoms with Crippen molar-refractivity contribution in [3.05, 3.63) is 24.2 Å². The molecule has 82 valence electrons. The molecule has 0 spiro atoms. The van der Waals surface area contributed by atoms with Crippen LogP contribution in [0.4, 0.5) is 0 Å². The molecule has 4 heteroatoms. The van der Waals surface area contributed by atoms with Crippen molar-refractivity contribution in [1.82, 2.24) is 4.90 Å². The predicted molar refractivity (Wildman–Crippen MR) is 56.4 cm³/mol. The van der Waals surface area contributed by atoms with E-state index in [-0.39, 0.29) is 11.4 Å². The highest BCUT2D eigenvalue weighted by molar-refractivity contribution is 5.94. The van der Waals surface area contributed by atoms with Crippen molar-refractivity contribution < 1.29 is 9.21 Å². The summed E-state index contributed by atoms with van der Waals surface area (Å²) >= 11 is 0. The van der Waals surface area contributed by atoms with E-state index in [1.807, 2.05) is 0 Å². The smallest absolute Gasteiger partial charge is 0.257 e. The summed E-state index contributed by atoms with van der Waals surface area (Å²) in [5.41, 5.74) is 6.52. The van der Waals surface area contributed by atoms with E-state index >= 15 is 0 Å². The number of hydrogen-bond donors (Lipinski definition) is 1. The first-order valence-corrected chi connectivity index (χ1v) is 5.25. The number of hydrogen-bond acceptors (Lipinski definition) is 3. The zero-order valence-electron chi connectivity index (χ0n) is 8.90. The molecule has 0 radical (unpaired) electrons. The first-order chi connectivity index (χ1) is 7.14. The highest BCUT2D eigenvalue weighted by Gasteiger charge is 2.41. The van der Waals surface area contributed by atoms with Crippen LogP contribution in [0.1, 0.15) is 30.1 Å². The Morgan fingerprint density at radius 1 is 1.67 bits per heavy atom. The largest absolute Gasteiger partial charge is 0.472 e. The van der Waals surface area contributed by atoms with Gasteiger partial charge in [0.2, 0.25) is 0 Å². The highest BCUT2D eigenvalue weighted by Crippen LogP contribution is 2.24. The summed E-state index contributed by atoms with van der Waals surface area (Å²) in [4.78, 5) is 13.6. The third-order valence-electron chi connectivity index (χ3n) is 2.81. The number of furan rings is 1. The minimum absolute atomic E-state index is 0.0147. The third-order valence-corrected chi connectivity index (χ3v) is 2.81. The van der Waals surface area contributed by atoms with Gasteiger partial charge in [0, 0.05) is 13.1 Å². The number of nitrogens with two attached hydrogens (primary N) is 1. The van der Waals surface area contributed by atoms with E-state index in [1.165, 1.54) is 12.5 Å². The number of amides is 1. The monoisotopic (exact) mass is 208 g/mol. The first-order valence-electron chi connectivity index (χ1n) is 5.25. The van der Waals surface area contributed by atoms with E-state index in [2.05, 4.69) is 6.92 Å². The second kappa shape index (κ2) is 3.70. The SMILES string of the molecule is CCCC1(N)CN(C(=O)c2ccoc2)C1. The molecule has 15 heavy (non-hydrogen) atoms. The standard InChI is InChI=1S/C11H16N2O2/c1-2-4-11(12)7-13(8-11)10(14)9-3-5-15-6-9/h3,5-6H,2,4,7-8,12H2,1H3. The van der Waals surface area contributed by atoms with Crippen molar-refractivity contribution in [2.45, 2.75) is 25.3 Å². The van der Waals surface area contributed by atoms with Gasteiger partial charge in [-0.15, -0.1) is 0 Å². The lowest BCUT2D eigenvalue weighted by Crippen LogP contribution is -2.68. The van der Waals surface area contributed by atoms with Gasteiger partial charge in [0.25, 0.3) is 5.91 Å². The van der Waals surface area contributed by atoms with Crippen molar-refractivity contribution >= 4 is 5.91 Å². The molecule has 1 aromatic rings. The Labute approximate surface area is 89.0 Å². The molecule has 2 heterocycles. The van der Waals surface area contributed by atoms with E-state index in [9.17, 15) is 4.79 Å². The molecule has 1 saturated heterocycles. The van der Waals surface area contributed by atoms with Crippen molar-refractivity contribution in [2.75, 3.05) is 13.1 Å². The first kappa shape index (κ1) is 10.2. The molecule has 0 atom stereocenters. The number of carbonyl (C=O) groups excluding carboxylic acids is 1. The van der Waals surface area contributed by atoms with Gasteiger partial charge in [-0.25, -0.2) is 0 Å². The molecule has 0 unspecified atom stereocenters. The van der Waals surface area contributed by atoms with Crippen molar-refractivity contribution in [3.8, 4) is 0 Å². The molecule has 1 aliphatic rings. The van der Waals surface area contributed by atoms with Gasteiger partial charge in [-0.3, -0.25) is 4.79 Å². The minimum Gasteiger partial charge on any atom is -0.472 e. The number of carbonyl (C=O) groups is 1. The fraction of sp³-hybridized carbons (Fsp3) is 0.545. The van der Waals surface area contributed by atoms with Crippen LogP contribution in [-0.2, 0) is 0 Å². The Morgan fingerprint density at radius 3 is 2.93 bits per heavy atom. The molecule has 1 aliphatic heterocycles. The molecule has 0 aromatic carbocycles. The second-order valence-electron chi connectivity index (χ2n) is 4.29. The maximum Gasteiger partial charge on any atom is 0.257 e. The summed E-state index contributed by atoms with van der Waals surface area (Å²) in [6.07, 6.45) is 5.01. The summed E-state index contributed by atoms with van der Waals surface area (Å²) in [6, 6.07) is 1.68. The molecule has 1 amide bonds. The average molecular weight is 208 g/mol. The van der Waals surface area contributed by atoms with E-state index in [1.54, 1.807) is 11.0 Å². The van der Waals surface area contributed by atoms with Crippen molar-refractivity contribution in [3.63, 3.8) is 0 Å². The van der Waals surface area contributed by atoms with Gasteiger partial charge >= 0.3 is 0 Å². The molecule has 2 rings (SSSR count). The van der Waals surface area contributed by atoms with Crippen molar-refractivity contribution in [2.24, 2.45) is 5.73 Å². The van der Waals surface area contributed by atoms with E-state index in [4.69, 9.17) is 10.2 Å². The van der Waals surface area contributed by atoms with Crippen LogP contribution in [0.25, 0.3) is 0 Å². The highest BCUT2D eigenvalue weighted by atomic mass is 16.3. The molecule has 1 fully saturated rings. The molecule has 1 aromatic heterocycles. The summed E-state index contributed by atoms with van der Waals surface area (Å²) in [5, 5.41) is 0. The Hall–Kier alpha value is -1.29. The van der Waals surface area contributed by atoms with Gasteiger partial charge in [-0.1, -0.05) is 13.3 Å². The molecular formula is C11H16N2O2. The molecule has 2 N–H and O–H groups in total. The Kier molecular flexibility index (Phi) is 2.52. The number of rotatable bonds is 3. The molecule has 4 nitrogen and oxygen atoms in total. The number of likely N-dealkylation sites (tertiary alicyclic amines) is 1. The van der Waals surface area contributed by atoms with E-state index in [0.29, 0.717) is 18.7 Å². The van der Waals surface area contributed by atoms with Gasteiger partial charge in [-0.05, 0) is 12.5 Å². The summed E-state index contributed by atoms with van der Waals surface area (Å²) in [7, 11) is 0. The van der Waals surface area contributed by atoms with Gasteiger partial charge in [0.05, 0.1) is 17.4 Å². The van der Waals surface area contributed by atoms with Crippen LogP contribution in [0.3, 0.4) is 0 Å². The Morgan fingerprint density at radius 2 is 2.40 bits per heavy atom. The van der Waals surface area contributed by atoms with Gasteiger partial charge in [0.1, 0.15) is 6.26 Å². The van der Waals surface area contributed by atoms with Gasteiger partial charge < -0.3 is 15.1 Å². The van der Waals surface area contributed by atoms with Crippen LogP contribution in [0.2, 0.25) is 0 Å². The van der Waals surface area contributed by atoms with E-state index < -0.39 is 0 Å². The zero-order chi connectivity index (χ0) is 10.9. The fourth-order valence-electron chi connectivity index (χ4n) is 2.08. The van der Waals surface area contributed by atoms with Gasteiger partial charge in [0.15, 0.2) is 0 Å². The fourth-order valence-corrected chi connectivity index (χ4v) is 2.08. The predicted octanol–water partition coefficient (Wildman–Crippen LogP) is 1.23. The molecular weight excluding hydrogens is 192 g/mol. The molecule has 0 bridgehead atoms. The Balaban J connectivity index is 1.92. The topological polar surface area (TPSA) is 59.5 Å². The van der Waals surface area contributed by atoms with Crippen LogP contribution >= 0.6 is 0 Å². The van der Waals surface area contributed by atoms with Crippen LogP contribution in [-0.4, -0.2) is 29.4 Å². The molecule has 0 saturated carbocycles. The normalized spacial score (nSPS) is 18.7. The minimum atomic E-state index is -0.159. The van der Waals surface area contributed by atoms with Gasteiger partial charge in [-0.2, -0.15) is 0 Å². The Bertz CT molecular complexity index is 339. The average Bonchev–Trinajstić information content (AvgIpc) is 2.66. The summed E-state index contributed by atoms with van der Waals surface area (Å²) in [6.45, 7) is 3.42. The third kappa shape index (κ3) is 1.90. The summed E-state index contributed by atoms with van der Waals surface area (Å²) < 4.78 is 4.88. The van der Waals surface area contributed by atoms with Crippen LogP contribution in [0, 0.1) is 0 Å². The molecule has 0 aliphatic carbocycles. The number of nitrogens with zero attached hydrogens (tertiary/aromatic N) is 1. The van der Waals surface area contributed by atoms with Crippen LogP contribution < -0.4 is 5.73 Å². The lowest BCUT2D eigenvalue weighted by atomic mass is 9.86. The lowest BCUT2D eigenvalue weighted by Gasteiger charge is -2.47. The van der Waals surface area contributed by atoms with Crippen LogP contribution in [0.15, 0.2) is 23.0 Å². The van der Waals surface area contributed by atoms with Crippen LogP contribution in [0.5, 0.6) is 0 Å². The second-order valence-corrected chi connectivity index (χ2v) is 4.29.